The lowest BCUT2D eigenvalue weighted by Crippen LogP contribution is -2.49. The van der Waals surface area contributed by atoms with Crippen LogP contribution in [0.2, 0.25) is 0 Å². The molecule has 0 saturated heterocycles. The average molecular weight is 415 g/mol. The van der Waals surface area contributed by atoms with Gasteiger partial charge in [-0.1, -0.05) is 62.1 Å². The van der Waals surface area contributed by atoms with Crippen molar-refractivity contribution < 1.29 is 19.4 Å². The van der Waals surface area contributed by atoms with Crippen LogP contribution in [-0.4, -0.2) is 16.7 Å². The zero-order valence-corrected chi connectivity index (χ0v) is 17.8. The quantitative estimate of drug-likeness (QED) is 0.722. The molecule has 31 heavy (non-hydrogen) atoms. The number of phenols is 1. The highest BCUT2D eigenvalue weighted by Gasteiger charge is 2.55. The molecule has 2 aromatic carbocycles. The number of hydrogen-bond donors (Lipinski definition) is 1. The molecule has 0 heterocycles. The maximum Gasteiger partial charge on any atom is 0.163 e. The van der Waals surface area contributed by atoms with Crippen molar-refractivity contribution in [3.63, 3.8) is 0 Å². The summed E-state index contributed by atoms with van der Waals surface area (Å²) in [5.41, 5.74) is 1.99. The summed E-state index contributed by atoms with van der Waals surface area (Å²) < 4.78 is 5.83. The van der Waals surface area contributed by atoms with E-state index in [2.05, 4.69) is 6.58 Å². The van der Waals surface area contributed by atoms with Gasteiger partial charge >= 0.3 is 0 Å². The number of aromatic hydroxyl groups is 1. The van der Waals surface area contributed by atoms with Crippen LogP contribution in [0, 0.1) is 11.3 Å². The third-order valence-corrected chi connectivity index (χ3v) is 6.63. The van der Waals surface area contributed by atoms with Crippen molar-refractivity contribution >= 4 is 11.6 Å². The molecular weight excluding hydrogens is 388 g/mol. The number of carbonyl (C=O) groups is 2. The van der Waals surface area contributed by atoms with Crippen LogP contribution in [0.1, 0.15) is 37.3 Å². The SMILES string of the molecule is C=CC1=CC[C@H]2C(=O)C(C)=CC(=O)[C@@]2(C)[C@H]1c1ccc(OCc2ccccc2)cc1O. The molecule has 0 unspecified atom stereocenters. The number of rotatable bonds is 5. The number of fused-ring (bicyclic) bond motifs is 1. The van der Waals surface area contributed by atoms with Crippen LogP contribution in [0.25, 0.3) is 0 Å². The number of carbonyl (C=O) groups excluding carboxylic acids is 2. The van der Waals surface area contributed by atoms with Crippen molar-refractivity contribution in [3.05, 3.63) is 95.6 Å². The number of ketones is 2. The molecule has 0 aromatic heterocycles. The van der Waals surface area contributed by atoms with Gasteiger partial charge in [0.25, 0.3) is 0 Å². The van der Waals surface area contributed by atoms with E-state index in [9.17, 15) is 14.7 Å². The third-order valence-electron chi connectivity index (χ3n) is 6.63. The molecule has 4 heteroatoms. The van der Waals surface area contributed by atoms with Gasteiger partial charge in [-0.15, -0.1) is 0 Å². The fourth-order valence-corrected chi connectivity index (χ4v) is 4.86. The Bertz CT molecular complexity index is 1110. The van der Waals surface area contributed by atoms with E-state index in [0.29, 0.717) is 29.9 Å². The minimum absolute atomic E-state index is 0.00577. The zero-order chi connectivity index (χ0) is 22.2. The van der Waals surface area contributed by atoms with Gasteiger partial charge in [-0.3, -0.25) is 9.59 Å². The highest BCUT2D eigenvalue weighted by molar-refractivity contribution is 6.13. The summed E-state index contributed by atoms with van der Waals surface area (Å²) in [6.45, 7) is 7.83. The minimum Gasteiger partial charge on any atom is -0.508 e. The smallest absolute Gasteiger partial charge is 0.163 e. The summed E-state index contributed by atoms with van der Waals surface area (Å²) in [5, 5.41) is 10.9. The lowest BCUT2D eigenvalue weighted by Gasteiger charge is -2.47. The van der Waals surface area contributed by atoms with Crippen LogP contribution in [-0.2, 0) is 16.2 Å². The van der Waals surface area contributed by atoms with E-state index in [1.54, 1.807) is 31.2 Å². The molecule has 0 fully saturated rings. The Morgan fingerprint density at radius 3 is 2.61 bits per heavy atom. The Morgan fingerprint density at radius 2 is 1.94 bits per heavy atom. The molecule has 158 valence electrons. The van der Waals surface area contributed by atoms with Crippen molar-refractivity contribution in [1.29, 1.82) is 0 Å². The van der Waals surface area contributed by atoms with Crippen LogP contribution in [0.3, 0.4) is 0 Å². The largest absolute Gasteiger partial charge is 0.508 e. The summed E-state index contributed by atoms with van der Waals surface area (Å²) in [5.74, 6) is -0.435. The van der Waals surface area contributed by atoms with Crippen LogP contribution in [0.4, 0.5) is 0 Å². The molecule has 3 atom stereocenters. The Morgan fingerprint density at radius 1 is 1.19 bits per heavy atom. The maximum atomic E-state index is 13.2. The summed E-state index contributed by atoms with van der Waals surface area (Å²) in [6.07, 6.45) is 5.62. The van der Waals surface area contributed by atoms with Gasteiger partial charge in [0.2, 0.25) is 0 Å². The lowest BCUT2D eigenvalue weighted by molar-refractivity contribution is -0.137. The fourth-order valence-electron chi connectivity index (χ4n) is 4.86. The van der Waals surface area contributed by atoms with E-state index in [-0.39, 0.29) is 17.3 Å². The van der Waals surface area contributed by atoms with Crippen molar-refractivity contribution in [2.75, 3.05) is 0 Å². The molecule has 0 aliphatic heterocycles. The van der Waals surface area contributed by atoms with Crippen LogP contribution < -0.4 is 4.74 Å². The Hall–Kier alpha value is -3.40. The number of ether oxygens (including phenoxy) is 1. The molecular formula is C27H26O4. The van der Waals surface area contributed by atoms with Gasteiger partial charge in [0.1, 0.15) is 18.1 Å². The summed E-state index contributed by atoms with van der Waals surface area (Å²) in [4.78, 5) is 26.1. The van der Waals surface area contributed by atoms with E-state index < -0.39 is 17.3 Å². The monoisotopic (exact) mass is 414 g/mol. The molecule has 2 aromatic rings. The second-order valence-electron chi connectivity index (χ2n) is 8.46. The minimum atomic E-state index is -0.973. The first-order valence-electron chi connectivity index (χ1n) is 10.4. The molecule has 4 rings (SSSR count). The van der Waals surface area contributed by atoms with Gasteiger partial charge < -0.3 is 9.84 Å². The van der Waals surface area contributed by atoms with Crippen molar-refractivity contribution in [3.8, 4) is 11.5 Å². The zero-order valence-electron chi connectivity index (χ0n) is 17.8. The summed E-state index contributed by atoms with van der Waals surface area (Å²) >= 11 is 0. The second-order valence-corrected chi connectivity index (χ2v) is 8.46. The molecule has 1 N–H and O–H groups in total. The standard InChI is InChI=1S/C27H26O4/c1-4-19-10-13-22-26(30)17(2)14-24(29)27(22,3)25(19)21-12-11-20(15-23(21)28)31-16-18-8-6-5-7-9-18/h4-12,14-15,22,25,28H,1,13,16H2,2-3H3/t22-,25+,27-/m0/s1. The van der Waals surface area contributed by atoms with Crippen molar-refractivity contribution in [2.24, 2.45) is 11.3 Å². The molecule has 2 aliphatic rings. The van der Waals surface area contributed by atoms with Gasteiger partial charge in [0, 0.05) is 23.5 Å². The first kappa shape index (κ1) is 20.9. The number of allylic oxidation sites excluding steroid dienone is 5. The van der Waals surface area contributed by atoms with Crippen LogP contribution in [0.15, 0.2) is 84.5 Å². The van der Waals surface area contributed by atoms with Gasteiger partial charge in [-0.05, 0) is 42.2 Å². The maximum absolute atomic E-state index is 13.2. The molecule has 0 amide bonds. The van der Waals surface area contributed by atoms with E-state index >= 15 is 0 Å². The number of phenolic OH excluding ortho intramolecular Hbond substituents is 1. The van der Waals surface area contributed by atoms with Gasteiger partial charge in [-0.25, -0.2) is 0 Å². The average Bonchev–Trinajstić information content (AvgIpc) is 2.77. The Labute approximate surface area is 182 Å². The molecule has 2 aliphatic carbocycles. The predicted molar refractivity (Wildman–Crippen MR) is 120 cm³/mol. The number of benzene rings is 2. The first-order chi connectivity index (χ1) is 14.9. The molecule has 4 nitrogen and oxygen atoms in total. The van der Waals surface area contributed by atoms with Crippen LogP contribution in [0.5, 0.6) is 11.5 Å². The molecule has 0 saturated carbocycles. The number of Topliss-reactive ketones (excluding diaryl/α,β-unsaturated/α-hetero) is 1. The van der Waals surface area contributed by atoms with Gasteiger partial charge in [0.05, 0.1) is 5.41 Å². The van der Waals surface area contributed by atoms with E-state index in [4.69, 9.17) is 4.74 Å². The molecule has 0 spiro atoms. The molecule has 0 bridgehead atoms. The Balaban J connectivity index is 1.70. The normalized spacial score (nSPS) is 25.4. The molecule has 0 radical (unpaired) electrons. The van der Waals surface area contributed by atoms with Gasteiger partial charge in [-0.2, -0.15) is 0 Å². The summed E-state index contributed by atoms with van der Waals surface area (Å²) in [6, 6.07) is 14.9. The van der Waals surface area contributed by atoms with Crippen LogP contribution >= 0.6 is 0 Å². The first-order valence-corrected chi connectivity index (χ1v) is 10.4. The highest BCUT2D eigenvalue weighted by Crippen LogP contribution is 2.56. The van der Waals surface area contributed by atoms with Gasteiger partial charge in [0.15, 0.2) is 11.6 Å². The fraction of sp³-hybridized carbons (Fsp3) is 0.259. The van der Waals surface area contributed by atoms with E-state index in [1.165, 1.54) is 6.08 Å². The third kappa shape index (κ3) is 3.52. The summed E-state index contributed by atoms with van der Waals surface area (Å²) in [7, 11) is 0. The number of hydrogen-bond acceptors (Lipinski definition) is 4. The highest BCUT2D eigenvalue weighted by atomic mass is 16.5. The predicted octanol–water partition coefficient (Wildman–Crippen LogP) is 5.29. The topological polar surface area (TPSA) is 63.6 Å². The van der Waals surface area contributed by atoms with E-state index in [0.717, 1.165) is 11.1 Å². The van der Waals surface area contributed by atoms with Crippen molar-refractivity contribution in [2.45, 2.75) is 32.8 Å². The van der Waals surface area contributed by atoms with E-state index in [1.807, 2.05) is 43.3 Å². The lowest BCUT2D eigenvalue weighted by atomic mass is 9.53. The Kier molecular flexibility index (Phi) is 5.40. The van der Waals surface area contributed by atoms with Crippen molar-refractivity contribution in [1.82, 2.24) is 0 Å². The second kappa shape index (κ2) is 8.03.